The highest BCUT2D eigenvalue weighted by Gasteiger charge is 2.02. The molecule has 0 aliphatic carbocycles. The van der Waals surface area contributed by atoms with Crippen molar-refractivity contribution in [2.45, 2.75) is 32.7 Å². The van der Waals surface area contributed by atoms with Crippen molar-refractivity contribution < 1.29 is 4.42 Å². The van der Waals surface area contributed by atoms with Crippen molar-refractivity contribution in [1.29, 1.82) is 0 Å². The average molecular weight is 237 g/mol. The van der Waals surface area contributed by atoms with Crippen LogP contribution < -0.4 is 5.32 Å². The maximum atomic E-state index is 5.45. The number of unbranched alkanes of at least 4 members (excludes halogenated alkanes) is 1. The van der Waals surface area contributed by atoms with Gasteiger partial charge in [-0.15, -0.1) is 0 Å². The largest absolute Gasteiger partial charge is 0.467 e. The van der Waals surface area contributed by atoms with Gasteiger partial charge in [-0.3, -0.25) is 0 Å². The van der Waals surface area contributed by atoms with Crippen LogP contribution in [0.1, 0.15) is 31.1 Å². The van der Waals surface area contributed by atoms with Crippen LogP contribution in [0.5, 0.6) is 0 Å². The molecule has 86 valence electrons. The molecule has 2 rings (SSSR count). The fourth-order valence-electron chi connectivity index (χ4n) is 1.45. The van der Waals surface area contributed by atoms with Gasteiger partial charge in [-0.05, 0) is 24.5 Å². The second-order valence-electron chi connectivity index (χ2n) is 3.67. The van der Waals surface area contributed by atoms with E-state index < -0.39 is 0 Å². The second-order valence-corrected chi connectivity index (χ2v) is 4.23. The Hall–Kier alpha value is -1.36. The molecular weight excluding hydrogens is 222 g/mol. The summed E-state index contributed by atoms with van der Waals surface area (Å²) in [5.74, 6) is 1.75. The van der Waals surface area contributed by atoms with Crippen LogP contribution in [0.2, 0.25) is 0 Å². The van der Waals surface area contributed by atoms with Crippen LogP contribution in [-0.2, 0) is 13.0 Å². The summed E-state index contributed by atoms with van der Waals surface area (Å²) in [4.78, 5) is 0. The normalized spacial score (nSPS) is 10.6. The van der Waals surface area contributed by atoms with Crippen LogP contribution >= 0.6 is 11.7 Å². The van der Waals surface area contributed by atoms with E-state index in [9.17, 15) is 0 Å². The van der Waals surface area contributed by atoms with Gasteiger partial charge in [-0.2, -0.15) is 8.75 Å². The van der Waals surface area contributed by atoms with Gasteiger partial charge >= 0.3 is 0 Å². The summed E-state index contributed by atoms with van der Waals surface area (Å²) in [7, 11) is 0. The summed E-state index contributed by atoms with van der Waals surface area (Å²) in [5, 5.41) is 3.15. The lowest BCUT2D eigenvalue weighted by molar-refractivity contribution is 0.515. The minimum atomic E-state index is 0.664. The van der Waals surface area contributed by atoms with E-state index in [-0.39, 0.29) is 0 Å². The zero-order valence-corrected chi connectivity index (χ0v) is 10.1. The molecule has 0 spiro atoms. The van der Waals surface area contributed by atoms with Crippen molar-refractivity contribution in [1.82, 2.24) is 8.75 Å². The molecule has 0 atom stereocenters. The van der Waals surface area contributed by atoms with Crippen LogP contribution in [0.4, 0.5) is 5.82 Å². The Bertz CT molecular complexity index is 411. The summed E-state index contributed by atoms with van der Waals surface area (Å²) in [6.45, 7) is 2.86. The molecule has 0 bridgehead atoms. The van der Waals surface area contributed by atoms with Crippen molar-refractivity contribution in [2.75, 3.05) is 5.32 Å². The quantitative estimate of drug-likeness (QED) is 0.838. The first-order valence-electron chi connectivity index (χ1n) is 5.46. The van der Waals surface area contributed by atoms with Gasteiger partial charge in [0, 0.05) is 0 Å². The molecule has 16 heavy (non-hydrogen) atoms. The number of hydrogen-bond donors (Lipinski definition) is 1. The second kappa shape index (κ2) is 5.65. The lowest BCUT2D eigenvalue weighted by atomic mass is 10.1. The predicted octanol–water partition coefficient (Wildman–Crippen LogP) is 3.09. The minimum absolute atomic E-state index is 0.664. The number of aromatic nitrogens is 2. The molecule has 0 unspecified atom stereocenters. The van der Waals surface area contributed by atoms with Crippen molar-refractivity contribution in [3.63, 3.8) is 0 Å². The Morgan fingerprint density at radius 2 is 2.44 bits per heavy atom. The SMILES string of the molecule is CCCCc1coc(CNc2cnsn2)c1. The molecule has 0 fully saturated rings. The third-order valence-corrected chi connectivity index (χ3v) is 2.81. The molecule has 4 nitrogen and oxygen atoms in total. The molecule has 1 N–H and O–H groups in total. The Balaban J connectivity index is 1.83. The highest BCUT2D eigenvalue weighted by molar-refractivity contribution is 6.99. The zero-order chi connectivity index (χ0) is 11.2. The van der Waals surface area contributed by atoms with Crippen LogP contribution in [-0.4, -0.2) is 8.75 Å². The molecule has 0 amide bonds. The topological polar surface area (TPSA) is 51.0 Å². The molecule has 2 heterocycles. The van der Waals surface area contributed by atoms with E-state index in [1.54, 1.807) is 6.20 Å². The molecule has 2 aromatic rings. The molecule has 0 saturated carbocycles. The van der Waals surface area contributed by atoms with Crippen LogP contribution in [0.15, 0.2) is 22.9 Å². The summed E-state index contributed by atoms with van der Waals surface area (Å²) < 4.78 is 13.4. The van der Waals surface area contributed by atoms with E-state index in [0.717, 1.165) is 18.0 Å². The van der Waals surface area contributed by atoms with Gasteiger partial charge in [-0.25, -0.2) is 0 Å². The van der Waals surface area contributed by atoms with E-state index >= 15 is 0 Å². The van der Waals surface area contributed by atoms with Gasteiger partial charge in [0.15, 0.2) is 5.82 Å². The van der Waals surface area contributed by atoms with Gasteiger partial charge < -0.3 is 9.73 Å². The fraction of sp³-hybridized carbons (Fsp3) is 0.455. The van der Waals surface area contributed by atoms with E-state index in [1.807, 2.05) is 6.26 Å². The lowest BCUT2D eigenvalue weighted by Gasteiger charge is -1.97. The third-order valence-electron chi connectivity index (χ3n) is 2.33. The Kier molecular flexibility index (Phi) is 3.93. The van der Waals surface area contributed by atoms with Gasteiger partial charge in [-0.1, -0.05) is 13.3 Å². The monoisotopic (exact) mass is 237 g/mol. The molecule has 0 saturated heterocycles. The highest BCUT2D eigenvalue weighted by Crippen LogP contribution is 2.12. The lowest BCUT2D eigenvalue weighted by Crippen LogP contribution is -1.97. The van der Waals surface area contributed by atoms with E-state index in [2.05, 4.69) is 27.1 Å². The number of aryl methyl sites for hydroxylation is 1. The number of furan rings is 1. The van der Waals surface area contributed by atoms with Gasteiger partial charge in [0.05, 0.1) is 30.7 Å². The first-order chi connectivity index (χ1) is 7.88. The summed E-state index contributed by atoms with van der Waals surface area (Å²) in [6, 6.07) is 2.10. The van der Waals surface area contributed by atoms with Crippen LogP contribution in [0.25, 0.3) is 0 Å². The van der Waals surface area contributed by atoms with Gasteiger partial charge in [0.25, 0.3) is 0 Å². The smallest absolute Gasteiger partial charge is 0.160 e. The van der Waals surface area contributed by atoms with Crippen molar-refractivity contribution in [3.05, 3.63) is 29.9 Å². The summed E-state index contributed by atoms with van der Waals surface area (Å²) >= 11 is 1.20. The minimum Gasteiger partial charge on any atom is -0.467 e. The molecular formula is C11H15N3OS. The Morgan fingerprint density at radius 1 is 1.50 bits per heavy atom. The first kappa shape index (κ1) is 11.1. The van der Waals surface area contributed by atoms with Gasteiger partial charge in [0.2, 0.25) is 0 Å². The van der Waals surface area contributed by atoms with E-state index in [0.29, 0.717) is 6.54 Å². The maximum Gasteiger partial charge on any atom is 0.160 e. The number of anilines is 1. The van der Waals surface area contributed by atoms with Crippen molar-refractivity contribution >= 4 is 17.5 Å². The summed E-state index contributed by atoms with van der Waals surface area (Å²) in [6.07, 6.45) is 7.07. The Labute approximate surface area is 99.0 Å². The molecule has 0 aliphatic heterocycles. The molecule has 5 heteroatoms. The molecule has 0 aromatic carbocycles. The van der Waals surface area contributed by atoms with Crippen molar-refractivity contribution in [3.8, 4) is 0 Å². The van der Waals surface area contributed by atoms with Crippen LogP contribution in [0.3, 0.4) is 0 Å². The van der Waals surface area contributed by atoms with Crippen molar-refractivity contribution in [2.24, 2.45) is 0 Å². The van der Waals surface area contributed by atoms with Crippen LogP contribution in [0, 0.1) is 0 Å². The van der Waals surface area contributed by atoms with E-state index in [1.165, 1.54) is 30.1 Å². The number of nitrogens with one attached hydrogen (secondary N) is 1. The Morgan fingerprint density at radius 3 is 3.19 bits per heavy atom. The fourth-order valence-corrected chi connectivity index (χ4v) is 1.84. The first-order valence-corrected chi connectivity index (χ1v) is 6.19. The number of hydrogen-bond acceptors (Lipinski definition) is 5. The zero-order valence-electron chi connectivity index (χ0n) is 9.27. The molecule has 2 aromatic heterocycles. The molecule has 0 radical (unpaired) electrons. The van der Waals surface area contributed by atoms with E-state index in [4.69, 9.17) is 4.42 Å². The number of nitrogens with zero attached hydrogens (tertiary/aromatic N) is 2. The maximum absolute atomic E-state index is 5.45. The van der Waals surface area contributed by atoms with Gasteiger partial charge in [0.1, 0.15) is 5.76 Å². The number of rotatable bonds is 6. The summed E-state index contributed by atoms with van der Waals surface area (Å²) in [5.41, 5.74) is 1.27. The molecule has 0 aliphatic rings. The predicted molar refractivity (Wildman–Crippen MR) is 64.6 cm³/mol. The highest BCUT2D eigenvalue weighted by atomic mass is 32.1. The average Bonchev–Trinajstić information content (AvgIpc) is 2.95. The standard InChI is InChI=1S/C11H15N3OS/c1-2-3-4-9-5-10(15-8-9)6-12-11-7-13-16-14-11/h5,7-8H,2-4,6H2,1H3,(H,12,14). The third kappa shape index (κ3) is 3.06.